The fourth-order valence-corrected chi connectivity index (χ4v) is 5.95. The summed E-state index contributed by atoms with van der Waals surface area (Å²) in [5, 5.41) is 10.3. The maximum absolute atomic E-state index is 13.9. The average Bonchev–Trinajstić information content (AvgIpc) is 3.42. The lowest BCUT2D eigenvalue weighted by Crippen LogP contribution is -2.48. The zero-order valence-electron chi connectivity index (χ0n) is 19.9. The summed E-state index contributed by atoms with van der Waals surface area (Å²) in [6, 6.07) is 26.6. The summed E-state index contributed by atoms with van der Waals surface area (Å²) in [7, 11) is 1.96. The molecule has 0 saturated carbocycles. The number of phenols is 1. The number of hydrogen-bond acceptors (Lipinski definition) is 3. The van der Waals surface area contributed by atoms with Crippen molar-refractivity contribution in [3.63, 3.8) is 0 Å². The number of benzene rings is 3. The minimum Gasteiger partial charge on any atom is -0.508 e. The number of phenolic OH excluding ortho intramolecular Hbond substituents is 1. The van der Waals surface area contributed by atoms with Gasteiger partial charge in [0.25, 0.3) is 0 Å². The van der Waals surface area contributed by atoms with E-state index in [0.29, 0.717) is 6.42 Å². The van der Waals surface area contributed by atoms with Crippen LogP contribution in [0.1, 0.15) is 59.9 Å². The molecule has 4 nitrogen and oxygen atoms in total. The first-order valence-electron chi connectivity index (χ1n) is 12.5. The van der Waals surface area contributed by atoms with Crippen molar-refractivity contribution in [1.29, 1.82) is 0 Å². The Hall–Kier alpha value is -3.11. The predicted octanol–water partition coefficient (Wildman–Crippen LogP) is 5.52. The zero-order valence-corrected chi connectivity index (χ0v) is 19.9. The molecule has 176 valence electrons. The van der Waals surface area contributed by atoms with Crippen LogP contribution in [0.4, 0.5) is 0 Å². The Labute approximate surface area is 202 Å². The third-order valence-electron chi connectivity index (χ3n) is 7.72. The van der Waals surface area contributed by atoms with E-state index >= 15 is 0 Å². The van der Waals surface area contributed by atoms with Gasteiger partial charge >= 0.3 is 0 Å². The van der Waals surface area contributed by atoms with E-state index in [1.54, 1.807) is 6.07 Å². The van der Waals surface area contributed by atoms with Crippen LogP contribution in [0.15, 0.2) is 78.9 Å². The lowest BCUT2D eigenvalue weighted by Gasteiger charge is -2.44. The first-order chi connectivity index (χ1) is 16.6. The summed E-state index contributed by atoms with van der Waals surface area (Å²) in [4.78, 5) is 18.4. The molecule has 1 aliphatic heterocycles. The molecule has 3 aromatic rings. The van der Waals surface area contributed by atoms with Gasteiger partial charge in [0.1, 0.15) is 5.75 Å². The predicted molar refractivity (Wildman–Crippen MR) is 136 cm³/mol. The minimum absolute atomic E-state index is 0.00910. The number of aryl methyl sites for hydroxylation is 1. The van der Waals surface area contributed by atoms with Crippen molar-refractivity contribution in [2.24, 2.45) is 0 Å². The fraction of sp³-hybridized carbons (Fsp3) is 0.367. The topological polar surface area (TPSA) is 43.8 Å². The Morgan fingerprint density at radius 2 is 1.59 bits per heavy atom. The first kappa shape index (κ1) is 22.7. The van der Waals surface area contributed by atoms with Crippen LogP contribution in [0.5, 0.6) is 5.75 Å². The molecule has 0 spiro atoms. The molecule has 34 heavy (non-hydrogen) atoms. The second-order valence-corrected chi connectivity index (χ2v) is 9.76. The van der Waals surface area contributed by atoms with Crippen LogP contribution < -0.4 is 0 Å². The highest BCUT2D eigenvalue weighted by molar-refractivity contribution is 5.78. The van der Waals surface area contributed by atoms with Crippen LogP contribution in [-0.4, -0.2) is 47.0 Å². The normalized spacial score (nSPS) is 20.3. The molecule has 1 amide bonds. The van der Waals surface area contributed by atoms with E-state index in [4.69, 9.17) is 0 Å². The number of hydrogen-bond donors (Lipinski definition) is 1. The number of aromatic hydroxyl groups is 1. The SMILES string of the molecule is CN(C(=O)CC(c1ccccc1)c1ccccc1)[C@H]1c2cc(O)ccc2CC[C@@H]1N1CCCC1. The Kier molecular flexibility index (Phi) is 6.68. The van der Waals surface area contributed by atoms with E-state index in [9.17, 15) is 9.90 Å². The number of amides is 1. The van der Waals surface area contributed by atoms with Gasteiger partial charge in [0.2, 0.25) is 5.91 Å². The number of likely N-dealkylation sites (N-methyl/N-ethyl adjacent to an activating group) is 1. The van der Waals surface area contributed by atoms with E-state index in [-0.39, 0.29) is 29.7 Å². The molecule has 5 rings (SSSR count). The fourth-order valence-electron chi connectivity index (χ4n) is 5.95. The van der Waals surface area contributed by atoms with Crippen molar-refractivity contribution in [2.45, 2.75) is 50.1 Å². The number of rotatable bonds is 6. The summed E-state index contributed by atoms with van der Waals surface area (Å²) in [5.41, 5.74) is 4.68. The number of fused-ring (bicyclic) bond motifs is 1. The second-order valence-electron chi connectivity index (χ2n) is 9.76. The van der Waals surface area contributed by atoms with Gasteiger partial charge in [-0.2, -0.15) is 0 Å². The van der Waals surface area contributed by atoms with Crippen LogP contribution in [-0.2, 0) is 11.2 Å². The molecule has 1 aliphatic carbocycles. The van der Waals surface area contributed by atoms with E-state index in [1.165, 1.54) is 18.4 Å². The molecule has 1 N–H and O–H groups in total. The van der Waals surface area contributed by atoms with Gasteiger partial charge in [0.15, 0.2) is 0 Å². The highest BCUT2D eigenvalue weighted by Gasteiger charge is 2.39. The summed E-state index contributed by atoms with van der Waals surface area (Å²) in [5.74, 6) is 0.427. The molecule has 3 aromatic carbocycles. The first-order valence-corrected chi connectivity index (χ1v) is 12.5. The van der Waals surface area contributed by atoms with Crippen molar-refractivity contribution in [1.82, 2.24) is 9.80 Å². The van der Waals surface area contributed by atoms with Crippen molar-refractivity contribution >= 4 is 5.91 Å². The molecule has 2 atom stereocenters. The molecule has 0 aromatic heterocycles. The third kappa shape index (κ3) is 4.60. The van der Waals surface area contributed by atoms with Crippen LogP contribution in [0.3, 0.4) is 0 Å². The summed E-state index contributed by atoms with van der Waals surface area (Å²) in [6.45, 7) is 2.18. The lowest BCUT2D eigenvalue weighted by atomic mass is 9.81. The highest BCUT2D eigenvalue weighted by atomic mass is 16.3. The van der Waals surface area contributed by atoms with Gasteiger partial charge in [-0.25, -0.2) is 0 Å². The molecular weight excluding hydrogens is 420 g/mol. The van der Waals surface area contributed by atoms with E-state index in [1.807, 2.05) is 60.5 Å². The summed E-state index contributed by atoms with van der Waals surface area (Å²) < 4.78 is 0. The second kappa shape index (κ2) is 10.0. The smallest absolute Gasteiger partial charge is 0.223 e. The summed E-state index contributed by atoms with van der Waals surface area (Å²) in [6.07, 6.45) is 4.89. The molecule has 0 radical (unpaired) electrons. The Bertz CT molecular complexity index is 1070. The molecule has 1 saturated heterocycles. The van der Waals surface area contributed by atoms with Gasteiger partial charge in [-0.15, -0.1) is 0 Å². The monoisotopic (exact) mass is 454 g/mol. The van der Waals surface area contributed by atoms with E-state index in [2.05, 4.69) is 29.2 Å². The molecule has 4 heteroatoms. The Morgan fingerprint density at radius 3 is 2.21 bits per heavy atom. The standard InChI is InChI=1S/C30H34N2O2/c1-31(29(34)21-26(22-10-4-2-5-11-22)23-12-6-3-7-13-23)30-27-20-25(33)16-14-24(27)15-17-28(30)32-18-8-9-19-32/h2-7,10-14,16,20,26,28,30,33H,8-9,15,17-19,21H2,1H3/t28-,30-/m0/s1. The molecule has 1 fully saturated rings. The van der Waals surface area contributed by atoms with Crippen molar-refractivity contribution in [3.8, 4) is 5.75 Å². The Morgan fingerprint density at radius 1 is 0.971 bits per heavy atom. The van der Waals surface area contributed by atoms with Gasteiger partial charge in [-0.05, 0) is 73.2 Å². The van der Waals surface area contributed by atoms with Crippen molar-refractivity contribution in [2.75, 3.05) is 20.1 Å². The van der Waals surface area contributed by atoms with E-state index in [0.717, 1.165) is 42.6 Å². The van der Waals surface area contributed by atoms with Crippen LogP contribution in [0, 0.1) is 0 Å². The number of carbonyl (C=O) groups is 1. The number of likely N-dealkylation sites (tertiary alicyclic amines) is 1. The number of nitrogens with zero attached hydrogens (tertiary/aromatic N) is 2. The van der Waals surface area contributed by atoms with Crippen LogP contribution >= 0.6 is 0 Å². The number of carbonyl (C=O) groups excluding carboxylic acids is 1. The molecule has 0 unspecified atom stereocenters. The quantitative estimate of drug-likeness (QED) is 0.533. The largest absolute Gasteiger partial charge is 0.508 e. The maximum Gasteiger partial charge on any atom is 0.223 e. The van der Waals surface area contributed by atoms with Gasteiger partial charge in [-0.3, -0.25) is 9.69 Å². The van der Waals surface area contributed by atoms with Gasteiger partial charge in [0.05, 0.1) is 6.04 Å². The average molecular weight is 455 g/mol. The molecular formula is C30H34N2O2. The van der Waals surface area contributed by atoms with Crippen LogP contribution in [0.2, 0.25) is 0 Å². The minimum atomic E-state index is -0.0475. The third-order valence-corrected chi connectivity index (χ3v) is 7.72. The molecule has 0 bridgehead atoms. The maximum atomic E-state index is 13.9. The Balaban J connectivity index is 1.47. The molecule has 1 heterocycles. The van der Waals surface area contributed by atoms with Gasteiger partial charge in [0, 0.05) is 25.4 Å². The molecule has 2 aliphatic rings. The lowest BCUT2D eigenvalue weighted by molar-refractivity contribution is -0.134. The van der Waals surface area contributed by atoms with E-state index < -0.39 is 0 Å². The van der Waals surface area contributed by atoms with Crippen LogP contribution in [0.25, 0.3) is 0 Å². The summed E-state index contributed by atoms with van der Waals surface area (Å²) >= 11 is 0. The van der Waals surface area contributed by atoms with Crippen molar-refractivity contribution < 1.29 is 9.90 Å². The van der Waals surface area contributed by atoms with Gasteiger partial charge in [-0.1, -0.05) is 66.7 Å². The van der Waals surface area contributed by atoms with Gasteiger partial charge < -0.3 is 10.0 Å². The highest BCUT2D eigenvalue weighted by Crippen LogP contribution is 2.40. The van der Waals surface area contributed by atoms with Crippen molar-refractivity contribution in [3.05, 3.63) is 101 Å². The zero-order chi connectivity index (χ0) is 23.5.